The average molecular weight is 524 g/mol. The first kappa shape index (κ1) is 22.6. The van der Waals surface area contributed by atoms with Crippen LogP contribution in [0.5, 0.6) is 0 Å². The zero-order chi connectivity index (χ0) is 20.3. The molecule has 0 bridgehead atoms. The summed E-state index contributed by atoms with van der Waals surface area (Å²) in [5.74, 6) is 1.09. The number of furan rings is 1. The first-order chi connectivity index (χ1) is 14.1. The number of nitrogens with zero attached hydrogens (tertiary/aromatic N) is 3. The third-order valence-electron chi connectivity index (χ3n) is 5.75. The molecule has 0 radical (unpaired) electrons. The van der Waals surface area contributed by atoms with Crippen LogP contribution in [-0.2, 0) is 12.0 Å². The quantitative estimate of drug-likeness (QED) is 0.365. The zero-order valence-corrected chi connectivity index (χ0v) is 19.5. The maximum absolute atomic E-state index is 12.5. The molecule has 1 unspecified atom stereocenters. The standard InChI is InChI=1S/C22H28N4O3.HI/c1-2-23-21(24-16-22(28)10-9-17-6-3-4-7-18(17)22)26-13-11-25(12-14-26)20(27)19-8-5-15-29-19;/h3-8,15,28H,2,9-14,16H2,1H3,(H,23,24);1H. The molecule has 0 spiro atoms. The molecule has 2 heterocycles. The van der Waals surface area contributed by atoms with Crippen LogP contribution in [0.15, 0.2) is 52.1 Å². The van der Waals surface area contributed by atoms with E-state index in [1.54, 1.807) is 17.0 Å². The van der Waals surface area contributed by atoms with Gasteiger partial charge < -0.3 is 24.6 Å². The number of fused-ring (bicyclic) bond motifs is 1. The summed E-state index contributed by atoms with van der Waals surface area (Å²) in [6.45, 7) is 5.71. The van der Waals surface area contributed by atoms with E-state index < -0.39 is 5.60 Å². The smallest absolute Gasteiger partial charge is 0.289 e. The summed E-state index contributed by atoms with van der Waals surface area (Å²) < 4.78 is 5.23. The van der Waals surface area contributed by atoms with Crippen LogP contribution in [0, 0.1) is 0 Å². The van der Waals surface area contributed by atoms with Crippen LogP contribution in [-0.4, -0.2) is 66.0 Å². The third-order valence-corrected chi connectivity index (χ3v) is 5.75. The van der Waals surface area contributed by atoms with E-state index in [0.717, 1.165) is 24.5 Å². The Morgan fingerprint density at radius 3 is 2.60 bits per heavy atom. The van der Waals surface area contributed by atoms with Gasteiger partial charge in [-0.3, -0.25) is 4.79 Å². The number of hydrogen-bond donors (Lipinski definition) is 2. The van der Waals surface area contributed by atoms with Gasteiger partial charge >= 0.3 is 0 Å². The highest BCUT2D eigenvalue weighted by Gasteiger charge is 2.36. The summed E-state index contributed by atoms with van der Waals surface area (Å²) in [7, 11) is 0. The number of guanidine groups is 1. The molecule has 1 saturated heterocycles. The molecule has 0 saturated carbocycles. The molecule has 1 aliphatic carbocycles. The van der Waals surface area contributed by atoms with Crippen molar-refractivity contribution in [3.8, 4) is 0 Å². The predicted octanol–water partition coefficient (Wildman–Crippen LogP) is 2.45. The number of nitrogens with one attached hydrogen (secondary N) is 1. The normalized spacial score (nSPS) is 21.2. The highest BCUT2D eigenvalue weighted by Crippen LogP contribution is 2.36. The molecule has 2 aromatic rings. The molecule has 2 N–H and O–H groups in total. The lowest BCUT2D eigenvalue weighted by Gasteiger charge is -2.36. The second-order valence-electron chi connectivity index (χ2n) is 7.62. The van der Waals surface area contributed by atoms with Gasteiger partial charge in [0.05, 0.1) is 12.8 Å². The van der Waals surface area contributed by atoms with E-state index in [9.17, 15) is 9.90 Å². The summed E-state index contributed by atoms with van der Waals surface area (Å²) in [5.41, 5.74) is 1.29. The van der Waals surface area contributed by atoms with E-state index in [2.05, 4.69) is 16.3 Å². The van der Waals surface area contributed by atoms with Gasteiger partial charge in [0.25, 0.3) is 5.91 Å². The molecule has 8 heteroatoms. The molecule has 7 nitrogen and oxygen atoms in total. The molecular weight excluding hydrogens is 495 g/mol. The molecule has 1 aromatic heterocycles. The van der Waals surface area contributed by atoms with Gasteiger partial charge in [0.15, 0.2) is 11.7 Å². The van der Waals surface area contributed by atoms with Crippen molar-refractivity contribution in [1.29, 1.82) is 0 Å². The van der Waals surface area contributed by atoms with E-state index in [1.807, 2.05) is 25.1 Å². The number of amides is 1. The molecular formula is C22H29IN4O3. The Kier molecular flexibility index (Phi) is 7.41. The minimum atomic E-state index is -0.908. The van der Waals surface area contributed by atoms with Crippen molar-refractivity contribution in [2.75, 3.05) is 39.3 Å². The number of benzene rings is 1. The fraction of sp³-hybridized carbons (Fsp3) is 0.455. The molecule has 1 aromatic carbocycles. The maximum atomic E-state index is 12.5. The number of carbonyl (C=O) groups is 1. The lowest BCUT2D eigenvalue weighted by molar-refractivity contribution is 0.0481. The van der Waals surface area contributed by atoms with Gasteiger partial charge in [-0.2, -0.15) is 0 Å². The molecule has 1 amide bonds. The first-order valence-corrected chi connectivity index (χ1v) is 10.3. The second kappa shape index (κ2) is 9.82. The number of hydrogen-bond acceptors (Lipinski definition) is 4. The summed E-state index contributed by atoms with van der Waals surface area (Å²) >= 11 is 0. The maximum Gasteiger partial charge on any atom is 0.289 e. The monoisotopic (exact) mass is 524 g/mol. The van der Waals surface area contributed by atoms with Crippen LogP contribution in [0.4, 0.5) is 0 Å². The van der Waals surface area contributed by atoms with Crippen LogP contribution in [0.25, 0.3) is 0 Å². The van der Waals surface area contributed by atoms with E-state index in [0.29, 0.717) is 44.9 Å². The lowest BCUT2D eigenvalue weighted by atomic mass is 9.96. The van der Waals surface area contributed by atoms with Crippen LogP contribution in [0.1, 0.15) is 35.0 Å². The highest BCUT2D eigenvalue weighted by molar-refractivity contribution is 14.0. The van der Waals surface area contributed by atoms with Gasteiger partial charge in [0, 0.05) is 32.7 Å². The zero-order valence-electron chi connectivity index (χ0n) is 17.2. The number of carbonyl (C=O) groups excluding carboxylic acids is 1. The SMILES string of the molecule is CCNC(=NCC1(O)CCc2ccccc21)N1CCN(C(=O)c2ccco2)CC1.I. The Morgan fingerprint density at radius 1 is 1.17 bits per heavy atom. The second-order valence-corrected chi connectivity index (χ2v) is 7.62. The van der Waals surface area contributed by atoms with Gasteiger partial charge in [-0.1, -0.05) is 24.3 Å². The number of piperazine rings is 1. The van der Waals surface area contributed by atoms with E-state index >= 15 is 0 Å². The molecule has 2 aliphatic rings. The molecule has 1 atom stereocenters. The topological polar surface area (TPSA) is 81.3 Å². The van der Waals surface area contributed by atoms with E-state index in [1.165, 1.54) is 11.8 Å². The Balaban J connectivity index is 0.00000256. The molecule has 162 valence electrons. The summed E-state index contributed by atoms with van der Waals surface area (Å²) in [6.07, 6.45) is 3.10. The van der Waals surface area contributed by atoms with Crippen LogP contribution in [0.2, 0.25) is 0 Å². The van der Waals surface area contributed by atoms with Crippen LogP contribution in [0.3, 0.4) is 0 Å². The van der Waals surface area contributed by atoms with Gasteiger partial charge in [-0.05, 0) is 43.0 Å². The lowest BCUT2D eigenvalue weighted by Crippen LogP contribution is -2.54. The Bertz CT molecular complexity index is 878. The van der Waals surface area contributed by atoms with Crippen molar-refractivity contribution in [2.24, 2.45) is 4.99 Å². The highest BCUT2D eigenvalue weighted by atomic mass is 127. The summed E-state index contributed by atoms with van der Waals surface area (Å²) in [6, 6.07) is 11.5. The van der Waals surface area contributed by atoms with Crippen LogP contribution < -0.4 is 5.32 Å². The van der Waals surface area contributed by atoms with Crippen molar-refractivity contribution in [3.05, 3.63) is 59.5 Å². The van der Waals surface area contributed by atoms with Gasteiger partial charge in [-0.15, -0.1) is 24.0 Å². The average Bonchev–Trinajstić information content (AvgIpc) is 3.40. The number of aliphatic hydroxyl groups is 1. The largest absolute Gasteiger partial charge is 0.459 e. The van der Waals surface area contributed by atoms with Crippen molar-refractivity contribution >= 4 is 35.8 Å². The Hall–Kier alpha value is -2.07. The number of aliphatic imine (C=N–C) groups is 1. The number of aryl methyl sites for hydroxylation is 1. The Labute approximate surface area is 194 Å². The van der Waals surface area contributed by atoms with Crippen molar-refractivity contribution < 1.29 is 14.3 Å². The van der Waals surface area contributed by atoms with Gasteiger partial charge in [0.2, 0.25) is 0 Å². The fourth-order valence-electron chi connectivity index (χ4n) is 4.14. The van der Waals surface area contributed by atoms with E-state index in [4.69, 9.17) is 9.41 Å². The Morgan fingerprint density at radius 2 is 1.90 bits per heavy atom. The molecule has 4 rings (SSSR count). The minimum absolute atomic E-state index is 0. The van der Waals surface area contributed by atoms with Gasteiger partial charge in [-0.25, -0.2) is 4.99 Å². The first-order valence-electron chi connectivity index (χ1n) is 10.3. The van der Waals surface area contributed by atoms with Crippen LogP contribution >= 0.6 is 24.0 Å². The van der Waals surface area contributed by atoms with Gasteiger partial charge in [0.1, 0.15) is 5.60 Å². The molecule has 1 aliphatic heterocycles. The fourth-order valence-corrected chi connectivity index (χ4v) is 4.14. The van der Waals surface area contributed by atoms with Crippen molar-refractivity contribution in [1.82, 2.24) is 15.1 Å². The molecule has 30 heavy (non-hydrogen) atoms. The summed E-state index contributed by atoms with van der Waals surface area (Å²) in [5, 5.41) is 14.5. The molecule has 1 fully saturated rings. The van der Waals surface area contributed by atoms with Crippen molar-refractivity contribution in [2.45, 2.75) is 25.4 Å². The minimum Gasteiger partial charge on any atom is -0.459 e. The summed E-state index contributed by atoms with van der Waals surface area (Å²) in [4.78, 5) is 21.2. The van der Waals surface area contributed by atoms with Crippen molar-refractivity contribution in [3.63, 3.8) is 0 Å². The number of halogens is 1. The third kappa shape index (κ3) is 4.64. The predicted molar refractivity (Wildman–Crippen MR) is 126 cm³/mol. The number of rotatable bonds is 4. The van der Waals surface area contributed by atoms with E-state index in [-0.39, 0.29) is 29.9 Å².